The number of fused-ring (bicyclic) bond motifs is 1. The van der Waals surface area contributed by atoms with Gasteiger partial charge in [-0.25, -0.2) is 14.2 Å². The predicted molar refractivity (Wildman–Crippen MR) is 99.3 cm³/mol. The molecule has 1 saturated carbocycles. The van der Waals surface area contributed by atoms with Gasteiger partial charge in [-0.1, -0.05) is 0 Å². The van der Waals surface area contributed by atoms with Crippen LogP contribution in [0.5, 0.6) is 0 Å². The van der Waals surface area contributed by atoms with E-state index in [-0.39, 0.29) is 28.7 Å². The summed E-state index contributed by atoms with van der Waals surface area (Å²) < 4.78 is 16.5. The monoisotopic (exact) mass is 373 g/mol. The van der Waals surface area contributed by atoms with E-state index in [1.165, 1.54) is 6.20 Å². The van der Waals surface area contributed by atoms with Crippen molar-refractivity contribution in [3.05, 3.63) is 33.9 Å². The number of anilines is 1. The summed E-state index contributed by atoms with van der Waals surface area (Å²) in [5.74, 6) is -1.81. The first-order valence-corrected chi connectivity index (χ1v) is 8.83. The van der Waals surface area contributed by atoms with Crippen molar-refractivity contribution in [3.63, 3.8) is 0 Å². The van der Waals surface area contributed by atoms with Crippen molar-refractivity contribution in [1.82, 2.24) is 9.55 Å². The SMILES string of the molecule is CN=C1CN(c2nc3c(cc2F)c(=O)c(C(=O)O)cn3C2CC2)C[C@@H]1CN. The van der Waals surface area contributed by atoms with Crippen LogP contribution in [0.3, 0.4) is 0 Å². The maximum atomic E-state index is 14.8. The number of nitrogens with zero attached hydrogens (tertiary/aromatic N) is 4. The number of hydrogen-bond donors (Lipinski definition) is 2. The quantitative estimate of drug-likeness (QED) is 0.828. The van der Waals surface area contributed by atoms with Crippen LogP contribution in [0.1, 0.15) is 29.2 Å². The first-order chi connectivity index (χ1) is 12.9. The average molecular weight is 373 g/mol. The van der Waals surface area contributed by atoms with Crippen molar-refractivity contribution in [3.8, 4) is 0 Å². The van der Waals surface area contributed by atoms with Crippen LogP contribution in [0.15, 0.2) is 22.1 Å². The third-order valence-electron chi connectivity index (χ3n) is 5.25. The van der Waals surface area contributed by atoms with Crippen LogP contribution in [-0.4, -0.2) is 53.0 Å². The lowest BCUT2D eigenvalue weighted by atomic mass is 10.1. The van der Waals surface area contributed by atoms with Gasteiger partial charge in [-0.05, 0) is 18.9 Å². The van der Waals surface area contributed by atoms with Gasteiger partial charge in [0.05, 0.1) is 11.9 Å². The van der Waals surface area contributed by atoms with E-state index in [1.54, 1.807) is 16.5 Å². The summed E-state index contributed by atoms with van der Waals surface area (Å²) in [5.41, 5.74) is 5.90. The predicted octanol–water partition coefficient (Wildman–Crippen LogP) is 1.03. The number of aromatic carboxylic acids is 1. The van der Waals surface area contributed by atoms with E-state index in [4.69, 9.17) is 5.73 Å². The third kappa shape index (κ3) is 2.87. The fourth-order valence-electron chi connectivity index (χ4n) is 3.63. The zero-order valence-electron chi connectivity index (χ0n) is 14.9. The molecule has 2 aromatic rings. The molecule has 1 aliphatic heterocycles. The Morgan fingerprint density at radius 1 is 1.48 bits per heavy atom. The number of pyridine rings is 2. The van der Waals surface area contributed by atoms with E-state index >= 15 is 0 Å². The van der Waals surface area contributed by atoms with E-state index in [9.17, 15) is 19.1 Å². The number of carbonyl (C=O) groups is 1. The summed E-state index contributed by atoms with van der Waals surface area (Å²) >= 11 is 0. The first-order valence-electron chi connectivity index (χ1n) is 8.83. The van der Waals surface area contributed by atoms with Crippen LogP contribution in [0, 0.1) is 11.7 Å². The Hall–Kier alpha value is -2.81. The van der Waals surface area contributed by atoms with Gasteiger partial charge in [-0.2, -0.15) is 0 Å². The summed E-state index contributed by atoms with van der Waals surface area (Å²) in [5, 5.41) is 9.29. The molecule has 8 nitrogen and oxygen atoms in total. The number of aromatic nitrogens is 2. The molecule has 3 heterocycles. The molecule has 0 unspecified atom stereocenters. The maximum Gasteiger partial charge on any atom is 0.341 e. The van der Waals surface area contributed by atoms with Gasteiger partial charge in [0.1, 0.15) is 11.2 Å². The number of rotatable bonds is 4. The highest BCUT2D eigenvalue weighted by Crippen LogP contribution is 2.37. The van der Waals surface area contributed by atoms with Gasteiger partial charge in [0.25, 0.3) is 0 Å². The first kappa shape index (κ1) is 17.6. The number of halogens is 1. The molecular formula is C18H20FN5O3. The zero-order chi connectivity index (χ0) is 19.3. The molecule has 1 saturated heterocycles. The minimum absolute atomic E-state index is 0.0120. The molecule has 2 aromatic heterocycles. The highest BCUT2D eigenvalue weighted by atomic mass is 19.1. The van der Waals surface area contributed by atoms with Crippen molar-refractivity contribution in [2.45, 2.75) is 18.9 Å². The Bertz CT molecular complexity index is 1030. The standard InChI is InChI=1S/C18H20FN5O3/c1-21-14-8-23(6-9(14)5-20)17-13(19)4-11-15(25)12(18(26)27)7-24(10-2-3-10)16(11)22-17/h4,7,9-10H,2-3,5-6,8,20H2,1H3,(H,26,27)/t9-/m0/s1. The summed E-state index contributed by atoms with van der Waals surface area (Å²) in [6.07, 6.45) is 3.07. The number of carboxylic acids is 1. The van der Waals surface area contributed by atoms with Gasteiger partial charge in [-0.15, -0.1) is 0 Å². The topological polar surface area (TPSA) is 114 Å². The second-order valence-electron chi connectivity index (χ2n) is 7.01. The van der Waals surface area contributed by atoms with E-state index in [2.05, 4.69) is 9.98 Å². The summed E-state index contributed by atoms with van der Waals surface area (Å²) in [6, 6.07) is 1.18. The van der Waals surface area contributed by atoms with Crippen LogP contribution >= 0.6 is 0 Å². The fraction of sp³-hybridized carbons (Fsp3) is 0.444. The zero-order valence-corrected chi connectivity index (χ0v) is 14.9. The highest BCUT2D eigenvalue weighted by Gasteiger charge is 2.32. The number of carboxylic acid groups (broad SMARTS) is 1. The molecule has 0 amide bonds. The van der Waals surface area contributed by atoms with Gasteiger partial charge in [0.15, 0.2) is 11.6 Å². The lowest BCUT2D eigenvalue weighted by Crippen LogP contribution is -2.26. The number of nitrogens with two attached hydrogens (primary N) is 1. The van der Waals surface area contributed by atoms with Gasteiger partial charge in [0.2, 0.25) is 5.43 Å². The Morgan fingerprint density at radius 3 is 2.78 bits per heavy atom. The summed E-state index contributed by atoms with van der Waals surface area (Å²) in [7, 11) is 1.68. The lowest BCUT2D eigenvalue weighted by molar-refractivity contribution is 0.0695. The van der Waals surface area contributed by atoms with Crippen molar-refractivity contribution in [2.24, 2.45) is 16.6 Å². The van der Waals surface area contributed by atoms with E-state index < -0.39 is 17.2 Å². The van der Waals surface area contributed by atoms with Gasteiger partial charge < -0.3 is 20.3 Å². The normalized spacial score (nSPS) is 21.4. The van der Waals surface area contributed by atoms with Gasteiger partial charge in [0, 0.05) is 44.0 Å². The molecule has 0 spiro atoms. The smallest absolute Gasteiger partial charge is 0.341 e. The highest BCUT2D eigenvalue weighted by molar-refractivity contribution is 5.95. The van der Waals surface area contributed by atoms with E-state index in [0.29, 0.717) is 25.3 Å². The third-order valence-corrected chi connectivity index (χ3v) is 5.25. The van der Waals surface area contributed by atoms with E-state index in [0.717, 1.165) is 24.6 Å². The van der Waals surface area contributed by atoms with Crippen molar-refractivity contribution < 1.29 is 14.3 Å². The fourth-order valence-corrected chi connectivity index (χ4v) is 3.63. The van der Waals surface area contributed by atoms with Crippen LogP contribution in [0.25, 0.3) is 11.0 Å². The van der Waals surface area contributed by atoms with Crippen molar-refractivity contribution in [2.75, 3.05) is 31.6 Å². The maximum absolute atomic E-state index is 14.8. The van der Waals surface area contributed by atoms with E-state index in [1.807, 2.05) is 0 Å². The average Bonchev–Trinajstić information content (AvgIpc) is 3.40. The van der Waals surface area contributed by atoms with Gasteiger partial charge >= 0.3 is 5.97 Å². The minimum Gasteiger partial charge on any atom is -0.477 e. The molecule has 1 atom stereocenters. The van der Waals surface area contributed by atoms with Crippen molar-refractivity contribution >= 4 is 28.5 Å². The number of aliphatic imine (C=N–C) groups is 1. The molecule has 4 rings (SSSR count). The largest absolute Gasteiger partial charge is 0.477 e. The molecule has 142 valence electrons. The summed E-state index contributed by atoms with van der Waals surface area (Å²) in [4.78, 5) is 34.3. The second-order valence-corrected chi connectivity index (χ2v) is 7.01. The molecule has 0 aromatic carbocycles. The number of hydrogen-bond acceptors (Lipinski definition) is 6. The minimum atomic E-state index is -1.32. The lowest BCUT2D eigenvalue weighted by Gasteiger charge is -2.19. The Labute approximate surface area is 154 Å². The second kappa shape index (κ2) is 6.41. The molecule has 27 heavy (non-hydrogen) atoms. The van der Waals surface area contributed by atoms with Crippen LogP contribution < -0.4 is 16.1 Å². The van der Waals surface area contributed by atoms with Crippen LogP contribution in [-0.2, 0) is 0 Å². The Balaban J connectivity index is 1.89. The van der Waals surface area contributed by atoms with Gasteiger partial charge in [-0.3, -0.25) is 9.79 Å². The van der Waals surface area contributed by atoms with Crippen LogP contribution in [0.2, 0.25) is 0 Å². The van der Waals surface area contributed by atoms with Crippen LogP contribution in [0.4, 0.5) is 10.2 Å². The molecule has 1 aliphatic carbocycles. The Morgan fingerprint density at radius 2 is 2.22 bits per heavy atom. The molecule has 0 radical (unpaired) electrons. The summed E-state index contributed by atoms with van der Waals surface area (Å²) in [6.45, 7) is 1.33. The molecule has 0 bridgehead atoms. The molecule has 3 N–H and O–H groups in total. The molecular weight excluding hydrogens is 353 g/mol. The Kier molecular flexibility index (Phi) is 4.18. The van der Waals surface area contributed by atoms with Crippen molar-refractivity contribution in [1.29, 1.82) is 0 Å². The molecule has 2 fully saturated rings. The molecule has 2 aliphatic rings. The molecule has 9 heteroatoms.